The van der Waals surface area contributed by atoms with Gasteiger partial charge in [-0.25, -0.2) is 4.79 Å². The molecule has 3 aromatic rings. The lowest BCUT2D eigenvalue weighted by atomic mass is 10.2. The Balaban J connectivity index is 2.15. The van der Waals surface area contributed by atoms with E-state index in [1.54, 1.807) is 37.3 Å². The van der Waals surface area contributed by atoms with Crippen LogP contribution in [0.4, 0.5) is 0 Å². The summed E-state index contributed by atoms with van der Waals surface area (Å²) in [5.74, 6) is -1.28. The number of nitriles is 1. The van der Waals surface area contributed by atoms with E-state index in [4.69, 9.17) is 4.74 Å². The highest BCUT2D eigenvalue weighted by Crippen LogP contribution is 2.04. The van der Waals surface area contributed by atoms with Crippen LogP contribution in [0.3, 0.4) is 0 Å². The zero-order valence-corrected chi connectivity index (χ0v) is 17.5. The van der Waals surface area contributed by atoms with E-state index < -0.39 is 17.4 Å². The molecule has 0 fully saturated rings. The molecule has 3 rings (SSSR count). The molecular formula is C23H19N3O4S. The van der Waals surface area contributed by atoms with E-state index in [0.29, 0.717) is 5.69 Å². The minimum atomic E-state index is -0.667. The van der Waals surface area contributed by atoms with Crippen molar-refractivity contribution in [2.45, 2.75) is 13.5 Å². The second-order valence-corrected chi connectivity index (χ2v) is 7.33. The first-order valence-electron chi connectivity index (χ1n) is 9.47. The molecule has 0 atom stereocenters. The number of esters is 1. The van der Waals surface area contributed by atoms with E-state index >= 15 is 0 Å². The minimum absolute atomic E-state index is 0.0703. The maximum atomic E-state index is 13.0. The highest BCUT2D eigenvalue weighted by Gasteiger charge is 2.17. The second kappa shape index (κ2) is 10.2. The van der Waals surface area contributed by atoms with Crippen molar-refractivity contribution in [2.24, 2.45) is 0 Å². The summed E-state index contributed by atoms with van der Waals surface area (Å²) in [7, 11) is 0. The summed E-state index contributed by atoms with van der Waals surface area (Å²) in [4.78, 5) is 37.7. The Labute approximate surface area is 182 Å². The Kier molecular flexibility index (Phi) is 7.14. The molecule has 1 heterocycles. The molecule has 0 saturated heterocycles. The van der Waals surface area contributed by atoms with Crippen LogP contribution in [0.2, 0.25) is 0 Å². The lowest BCUT2D eigenvalue weighted by Gasteiger charge is -2.06. The zero-order valence-electron chi connectivity index (χ0n) is 16.7. The number of thiazole rings is 1. The molecule has 31 heavy (non-hydrogen) atoms. The summed E-state index contributed by atoms with van der Waals surface area (Å²) in [5.41, 5.74) is 0.621. The summed E-state index contributed by atoms with van der Waals surface area (Å²) in [6.45, 7) is 2.05. The summed E-state index contributed by atoms with van der Waals surface area (Å²) in [5, 5.41) is 12.4. The second-order valence-electron chi connectivity index (χ2n) is 6.30. The van der Waals surface area contributed by atoms with Gasteiger partial charge >= 0.3 is 5.97 Å². The molecule has 8 heteroatoms. The van der Waals surface area contributed by atoms with Gasteiger partial charge in [-0.05, 0) is 24.6 Å². The van der Waals surface area contributed by atoms with E-state index in [1.165, 1.54) is 4.57 Å². The summed E-state index contributed by atoms with van der Waals surface area (Å²) in [6, 6.07) is 19.8. The molecule has 0 unspecified atom stereocenters. The number of nitrogens with zero attached hydrogens (tertiary/aromatic N) is 2. The molecule has 1 aromatic heterocycles. The van der Waals surface area contributed by atoms with E-state index in [9.17, 15) is 19.6 Å². The van der Waals surface area contributed by atoms with Gasteiger partial charge in [-0.2, -0.15) is 5.26 Å². The Morgan fingerprint density at radius 3 is 2.39 bits per heavy atom. The highest BCUT2D eigenvalue weighted by atomic mass is 32.1. The summed E-state index contributed by atoms with van der Waals surface area (Å²) < 4.78 is 6.36. The van der Waals surface area contributed by atoms with Crippen molar-refractivity contribution in [3.05, 3.63) is 85.8 Å². The van der Waals surface area contributed by atoms with E-state index in [-0.39, 0.29) is 27.9 Å². The molecule has 0 aliphatic carbocycles. The molecule has 0 aliphatic heterocycles. The largest absolute Gasteiger partial charge is 0.463 e. The lowest BCUT2D eigenvalue weighted by molar-refractivity contribution is -0.135. The molecule has 0 saturated carbocycles. The van der Waals surface area contributed by atoms with Gasteiger partial charge in [0.2, 0.25) is 0 Å². The first kappa shape index (κ1) is 21.7. The number of aromatic nitrogens is 1. The molecule has 156 valence electrons. The Morgan fingerprint density at radius 2 is 1.77 bits per heavy atom. The Bertz CT molecular complexity index is 1300. The van der Waals surface area contributed by atoms with Crippen LogP contribution in [0, 0.1) is 11.3 Å². The monoisotopic (exact) mass is 433 g/mol. The zero-order chi connectivity index (χ0) is 22.2. The van der Waals surface area contributed by atoms with Crippen LogP contribution in [0.1, 0.15) is 12.5 Å². The first-order valence-corrected chi connectivity index (χ1v) is 10.3. The third kappa shape index (κ3) is 5.15. The number of benzene rings is 2. The van der Waals surface area contributed by atoms with Crippen molar-refractivity contribution < 1.29 is 14.3 Å². The van der Waals surface area contributed by atoms with E-state index in [2.05, 4.69) is 5.32 Å². The van der Waals surface area contributed by atoms with Gasteiger partial charge in [0.15, 0.2) is 5.57 Å². The number of rotatable bonds is 6. The van der Waals surface area contributed by atoms with Crippen molar-refractivity contribution in [1.29, 1.82) is 5.26 Å². The molecule has 7 nitrogen and oxygen atoms in total. The number of para-hydroxylation sites is 1. The topological polar surface area (TPSA) is 101 Å². The van der Waals surface area contributed by atoms with Gasteiger partial charge < -0.3 is 10.1 Å². The predicted molar refractivity (Wildman–Crippen MR) is 118 cm³/mol. The van der Waals surface area contributed by atoms with Crippen molar-refractivity contribution in [3.8, 4) is 11.8 Å². The molecule has 1 amide bonds. The molecular weight excluding hydrogens is 414 g/mol. The third-order valence-electron chi connectivity index (χ3n) is 4.22. The van der Waals surface area contributed by atoms with Crippen LogP contribution in [-0.4, -0.2) is 23.1 Å². The quantitative estimate of drug-likeness (QED) is 0.590. The van der Waals surface area contributed by atoms with Gasteiger partial charge in [0.1, 0.15) is 15.3 Å². The average Bonchev–Trinajstić information content (AvgIpc) is 3.09. The van der Waals surface area contributed by atoms with Crippen molar-refractivity contribution >= 4 is 34.9 Å². The summed E-state index contributed by atoms with van der Waals surface area (Å²) >= 11 is 0.892. The normalized spacial score (nSPS) is 12.1. The van der Waals surface area contributed by atoms with Gasteiger partial charge in [0.25, 0.3) is 11.5 Å². The molecule has 2 aromatic carbocycles. The average molecular weight is 433 g/mol. The lowest BCUT2D eigenvalue weighted by Crippen LogP contribution is -2.34. The van der Waals surface area contributed by atoms with Crippen molar-refractivity contribution in [1.82, 2.24) is 9.88 Å². The van der Waals surface area contributed by atoms with E-state index in [1.807, 2.05) is 36.4 Å². The Morgan fingerprint density at radius 1 is 1.13 bits per heavy atom. The smallest absolute Gasteiger partial charge is 0.332 e. The molecule has 0 radical (unpaired) electrons. The van der Waals surface area contributed by atoms with Crippen LogP contribution < -0.4 is 20.1 Å². The van der Waals surface area contributed by atoms with Gasteiger partial charge in [0.05, 0.1) is 12.3 Å². The fraction of sp³-hybridized carbons (Fsp3) is 0.130. The van der Waals surface area contributed by atoms with Crippen LogP contribution in [0.25, 0.3) is 17.3 Å². The summed E-state index contributed by atoms with van der Waals surface area (Å²) in [6.07, 6.45) is 1.08. The highest BCUT2D eigenvalue weighted by molar-refractivity contribution is 7.07. The van der Waals surface area contributed by atoms with Gasteiger partial charge in [-0.3, -0.25) is 14.2 Å². The number of hydrogen-bond donors (Lipinski definition) is 1. The fourth-order valence-corrected chi connectivity index (χ4v) is 3.88. The minimum Gasteiger partial charge on any atom is -0.463 e. The maximum absolute atomic E-state index is 13.0. The number of carbonyl (C=O) groups excluding carboxylic acids is 2. The van der Waals surface area contributed by atoms with Crippen molar-refractivity contribution in [2.75, 3.05) is 6.61 Å². The number of carbonyl (C=O) groups is 2. The fourth-order valence-electron chi connectivity index (χ4n) is 2.81. The number of ether oxygens (including phenoxy) is 1. The molecule has 0 spiro atoms. The first-order chi connectivity index (χ1) is 15.0. The standard InChI is InChI=1S/C23H19N3O4S/c1-2-30-20(27)13-19-22(29)26(17-11-7-4-8-12-17)23(31-19)18(14-24)21(28)25-15-16-9-5-3-6-10-16/h3-13H,2,15H2,1H3,(H,25,28)/b19-13-,23-18+. The van der Waals surface area contributed by atoms with Crippen LogP contribution in [0.5, 0.6) is 0 Å². The van der Waals surface area contributed by atoms with Crippen LogP contribution in [-0.2, 0) is 20.9 Å². The van der Waals surface area contributed by atoms with Gasteiger partial charge in [0, 0.05) is 12.6 Å². The van der Waals surface area contributed by atoms with Crippen LogP contribution in [0.15, 0.2) is 65.5 Å². The number of hydrogen-bond acceptors (Lipinski definition) is 6. The third-order valence-corrected chi connectivity index (χ3v) is 5.31. The van der Waals surface area contributed by atoms with Gasteiger partial charge in [-0.1, -0.05) is 48.5 Å². The Hall–Kier alpha value is -3.96. The predicted octanol–water partition coefficient (Wildman–Crippen LogP) is 1.23. The number of amides is 1. The van der Waals surface area contributed by atoms with Gasteiger partial charge in [-0.15, -0.1) is 11.3 Å². The maximum Gasteiger partial charge on any atom is 0.332 e. The van der Waals surface area contributed by atoms with Crippen molar-refractivity contribution in [3.63, 3.8) is 0 Å². The molecule has 0 aliphatic rings. The SMILES string of the molecule is CCOC(=O)/C=c1\s/c(=C(\C#N)C(=O)NCc2ccccc2)n(-c2ccccc2)c1=O. The van der Waals surface area contributed by atoms with E-state index in [0.717, 1.165) is 23.0 Å². The number of nitrogens with one attached hydrogen (secondary N) is 1. The van der Waals surface area contributed by atoms with Crippen LogP contribution >= 0.6 is 11.3 Å². The molecule has 1 N–H and O–H groups in total. The molecule has 0 bridgehead atoms.